The summed E-state index contributed by atoms with van der Waals surface area (Å²) in [4.78, 5) is 0. The van der Waals surface area contributed by atoms with E-state index in [2.05, 4.69) is 35.1 Å². The van der Waals surface area contributed by atoms with Gasteiger partial charge in [0, 0.05) is 24.5 Å². The monoisotopic (exact) mass is 410 g/mol. The number of aromatic nitrogens is 2. The van der Waals surface area contributed by atoms with Crippen molar-refractivity contribution in [2.24, 2.45) is 0 Å². The van der Waals surface area contributed by atoms with Crippen molar-refractivity contribution in [1.29, 1.82) is 10.8 Å². The SMILES string of the molecule is CCc1cccc(=N)n1CCCCCCCCCCCCn1c(CC)cccc1=N. The van der Waals surface area contributed by atoms with E-state index in [9.17, 15) is 0 Å². The molecule has 0 aliphatic heterocycles. The lowest BCUT2D eigenvalue weighted by Crippen LogP contribution is -2.22. The van der Waals surface area contributed by atoms with Crippen LogP contribution in [0.4, 0.5) is 0 Å². The van der Waals surface area contributed by atoms with Crippen LogP contribution < -0.4 is 11.0 Å². The van der Waals surface area contributed by atoms with Crippen LogP contribution in [0.2, 0.25) is 0 Å². The van der Waals surface area contributed by atoms with Crippen LogP contribution >= 0.6 is 0 Å². The summed E-state index contributed by atoms with van der Waals surface area (Å²) in [7, 11) is 0. The Kier molecular flexibility index (Phi) is 11.3. The van der Waals surface area contributed by atoms with E-state index >= 15 is 0 Å². The predicted molar refractivity (Wildman–Crippen MR) is 125 cm³/mol. The summed E-state index contributed by atoms with van der Waals surface area (Å²) in [6, 6.07) is 12.1. The van der Waals surface area contributed by atoms with Crippen molar-refractivity contribution in [3.63, 3.8) is 0 Å². The Morgan fingerprint density at radius 1 is 0.533 bits per heavy atom. The van der Waals surface area contributed by atoms with Crippen molar-refractivity contribution in [3.05, 3.63) is 58.8 Å². The third kappa shape index (κ3) is 7.97. The van der Waals surface area contributed by atoms with Gasteiger partial charge >= 0.3 is 0 Å². The lowest BCUT2D eigenvalue weighted by Gasteiger charge is -2.12. The second-order valence-electron chi connectivity index (χ2n) is 8.35. The van der Waals surface area contributed by atoms with Gasteiger partial charge in [-0.15, -0.1) is 0 Å². The standard InChI is InChI=1S/C26H42N4/c1-3-23-17-15-19-25(27)29(23)21-13-11-9-7-5-6-8-10-12-14-22-30-24(4-2)18-16-20-26(30)28/h15-20,27-28H,3-14,21-22H2,1-2H3. The molecule has 0 aliphatic rings. The number of nitrogens with zero attached hydrogens (tertiary/aromatic N) is 2. The minimum atomic E-state index is 0.643. The van der Waals surface area contributed by atoms with E-state index in [1.807, 2.05) is 24.3 Å². The fourth-order valence-corrected chi connectivity index (χ4v) is 4.27. The first-order chi connectivity index (χ1) is 14.7. The van der Waals surface area contributed by atoms with Gasteiger partial charge in [-0.3, -0.25) is 10.8 Å². The minimum absolute atomic E-state index is 0.643. The third-order valence-corrected chi connectivity index (χ3v) is 6.10. The van der Waals surface area contributed by atoms with E-state index < -0.39 is 0 Å². The molecule has 0 aromatic carbocycles. The van der Waals surface area contributed by atoms with E-state index in [0.717, 1.165) is 25.9 Å². The maximum atomic E-state index is 8.09. The van der Waals surface area contributed by atoms with E-state index in [4.69, 9.17) is 10.8 Å². The average molecular weight is 411 g/mol. The molecule has 0 aliphatic carbocycles. The largest absolute Gasteiger partial charge is 0.331 e. The molecule has 2 heterocycles. The number of pyridine rings is 2. The van der Waals surface area contributed by atoms with E-state index in [-0.39, 0.29) is 0 Å². The van der Waals surface area contributed by atoms with Gasteiger partial charge in [0.25, 0.3) is 0 Å². The molecule has 2 aromatic rings. The van der Waals surface area contributed by atoms with Crippen LogP contribution in [0.25, 0.3) is 0 Å². The fraction of sp³-hybridized carbons (Fsp3) is 0.615. The molecule has 0 radical (unpaired) electrons. The maximum absolute atomic E-state index is 8.09. The van der Waals surface area contributed by atoms with Gasteiger partial charge < -0.3 is 9.13 Å². The zero-order valence-corrected chi connectivity index (χ0v) is 19.3. The van der Waals surface area contributed by atoms with Crippen molar-refractivity contribution >= 4 is 0 Å². The molecule has 0 spiro atoms. The van der Waals surface area contributed by atoms with Gasteiger partial charge in [0.1, 0.15) is 11.0 Å². The van der Waals surface area contributed by atoms with Gasteiger partial charge in [0.05, 0.1) is 0 Å². The molecule has 2 rings (SSSR count). The molecule has 4 nitrogen and oxygen atoms in total. The van der Waals surface area contributed by atoms with E-state index in [1.54, 1.807) is 0 Å². The van der Waals surface area contributed by atoms with Gasteiger partial charge in [-0.2, -0.15) is 0 Å². The Labute approximate surface area is 183 Å². The molecule has 0 bridgehead atoms. The molecule has 0 unspecified atom stereocenters. The summed E-state index contributed by atoms with van der Waals surface area (Å²) in [5.41, 5.74) is 3.84. The second-order valence-corrected chi connectivity index (χ2v) is 8.35. The Morgan fingerprint density at radius 2 is 0.867 bits per heavy atom. The number of nitrogens with one attached hydrogen (secondary N) is 2. The molecule has 0 saturated carbocycles. The van der Waals surface area contributed by atoms with E-state index in [1.165, 1.54) is 75.6 Å². The summed E-state index contributed by atoms with van der Waals surface area (Å²) in [6.45, 7) is 6.31. The van der Waals surface area contributed by atoms with E-state index in [0.29, 0.717) is 11.0 Å². The third-order valence-electron chi connectivity index (χ3n) is 6.10. The van der Waals surface area contributed by atoms with Gasteiger partial charge in [-0.25, -0.2) is 0 Å². The highest BCUT2D eigenvalue weighted by Gasteiger charge is 2.01. The molecule has 166 valence electrons. The summed E-state index contributed by atoms with van der Waals surface area (Å²) in [5, 5.41) is 16.2. The molecule has 4 heteroatoms. The molecule has 2 aromatic heterocycles. The highest BCUT2D eigenvalue weighted by molar-refractivity contribution is 5.06. The Bertz CT molecular complexity index is 775. The normalized spacial score (nSPS) is 11.1. The van der Waals surface area contributed by atoms with Gasteiger partial charge in [0.2, 0.25) is 0 Å². The number of unbranched alkanes of at least 4 members (excludes halogenated alkanes) is 9. The van der Waals surface area contributed by atoms with Gasteiger partial charge in [-0.05, 0) is 49.9 Å². The van der Waals surface area contributed by atoms with Crippen LogP contribution in [-0.2, 0) is 25.9 Å². The van der Waals surface area contributed by atoms with Crippen LogP contribution in [0.1, 0.15) is 89.4 Å². The van der Waals surface area contributed by atoms with Gasteiger partial charge in [-0.1, -0.05) is 77.3 Å². The smallest absolute Gasteiger partial charge is 0.124 e. The second kappa shape index (κ2) is 14.0. The van der Waals surface area contributed by atoms with Crippen LogP contribution in [0, 0.1) is 10.8 Å². The Morgan fingerprint density at radius 3 is 1.20 bits per heavy atom. The lowest BCUT2D eigenvalue weighted by molar-refractivity contribution is 0.506. The van der Waals surface area contributed by atoms with Crippen LogP contribution in [-0.4, -0.2) is 9.13 Å². The molecule has 0 fully saturated rings. The molecule has 0 amide bonds. The average Bonchev–Trinajstić information content (AvgIpc) is 2.76. The summed E-state index contributed by atoms with van der Waals surface area (Å²) in [5.74, 6) is 0. The molecule has 30 heavy (non-hydrogen) atoms. The van der Waals surface area contributed by atoms with Crippen molar-refractivity contribution in [2.45, 2.75) is 104 Å². The molecular formula is C26H42N4. The molecular weight excluding hydrogens is 368 g/mol. The topological polar surface area (TPSA) is 57.6 Å². The number of aryl methyl sites for hydroxylation is 2. The minimum Gasteiger partial charge on any atom is -0.331 e. The fourth-order valence-electron chi connectivity index (χ4n) is 4.27. The van der Waals surface area contributed by atoms with Crippen molar-refractivity contribution in [3.8, 4) is 0 Å². The first kappa shape index (κ1) is 24.2. The highest BCUT2D eigenvalue weighted by Crippen LogP contribution is 2.12. The number of hydrogen-bond acceptors (Lipinski definition) is 2. The first-order valence-corrected chi connectivity index (χ1v) is 12.1. The maximum Gasteiger partial charge on any atom is 0.124 e. The van der Waals surface area contributed by atoms with Crippen molar-refractivity contribution in [1.82, 2.24) is 9.13 Å². The van der Waals surface area contributed by atoms with Crippen molar-refractivity contribution < 1.29 is 0 Å². The predicted octanol–water partition coefficient (Wildman–Crippen LogP) is 5.97. The van der Waals surface area contributed by atoms with Crippen LogP contribution in [0.3, 0.4) is 0 Å². The molecule has 2 N–H and O–H groups in total. The van der Waals surface area contributed by atoms with Crippen LogP contribution in [0.5, 0.6) is 0 Å². The summed E-state index contributed by atoms with van der Waals surface area (Å²) >= 11 is 0. The molecule has 0 saturated heterocycles. The quantitative estimate of drug-likeness (QED) is 0.340. The number of rotatable bonds is 15. The van der Waals surface area contributed by atoms with Gasteiger partial charge in [0.15, 0.2) is 0 Å². The molecule has 0 atom stereocenters. The summed E-state index contributed by atoms with van der Waals surface area (Å²) < 4.78 is 4.34. The van der Waals surface area contributed by atoms with Crippen LogP contribution in [0.15, 0.2) is 36.4 Å². The zero-order chi connectivity index (χ0) is 21.6. The lowest BCUT2D eigenvalue weighted by atomic mass is 10.1. The Balaban J connectivity index is 1.48. The zero-order valence-electron chi connectivity index (χ0n) is 19.3. The first-order valence-electron chi connectivity index (χ1n) is 12.1. The highest BCUT2D eigenvalue weighted by atomic mass is 15.0. The van der Waals surface area contributed by atoms with Crippen molar-refractivity contribution in [2.75, 3.05) is 0 Å². The Hall–Kier alpha value is -2.10. The summed E-state index contributed by atoms with van der Waals surface area (Å²) in [6.07, 6.45) is 14.9. The number of hydrogen-bond donors (Lipinski definition) is 2.